The molecule has 0 radical (unpaired) electrons. The van der Waals surface area contributed by atoms with Crippen molar-refractivity contribution >= 4 is 17.5 Å². The van der Waals surface area contributed by atoms with Crippen molar-refractivity contribution in [1.82, 2.24) is 15.0 Å². The lowest BCUT2D eigenvalue weighted by Crippen LogP contribution is -2.48. The molecule has 0 saturated carbocycles. The van der Waals surface area contributed by atoms with E-state index in [1.54, 1.807) is 6.07 Å². The highest BCUT2D eigenvalue weighted by atomic mass is 35.5. The molecule has 0 atom stereocenters. The van der Waals surface area contributed by atoms with Crippen molar-refractivity contribution < 1.29 is 13.7 Å². The van der Waals surface area contributed by atoms with Gasteiger partial charge in [0.2, 0.25) is 0 Å². The molecule has 0 spiro atoms. The summed E-state index contributed by atoms with van der Waals surface area (Å²) in [5, 5.41) is 4.83. The first-order valence-electron chi connectivity index (χ1n) is 8.44. The molecule has 4 rings (SSSR count). The van der Waals surface area contributed by atoms with Gasteiger partial charge in [0.25, 0.3) is 5.91 Å². The quantitative estimate of drug-likeness (QED) is 0.701. The summed E-state index contributed by atoms with van der Waals surface area (Å²) in [7, 11) is 0. The molecule has 2 aromatic heterocycles. The molecule has 1 fully saturated rings. The van der Waals surface area contributed by atoms with E-state index in [4.69, 9.17) is 20.5 Å². The zero-order valence-electron chi connectivity index (χ0n) is 14.1. The van der Waals surface area contributed by atoms with Crippen LogP contribution in [0.4, 0.5) is 0 Å². The molecule has 3 aromatic rings. The Morgan fingerprint density at radius 1 is 1.12 bits per heavy atom. The van der Waals surface area contributed by atoms with Crippen LogP contribution < -0.4 is 0 Å². The van der Waals surface area contributed by atoms with Crippen LogP contribution in [0.5, 0.6) is 0 Å². The van der Waals surface area contributed by atoms with E-state index in [-0.39, 0.29) is 5.91 Å². The van der Waals surface area contributed by atoms with Gasteiger partial charge in [0.05, 0.1) is 18.4 Å². The van der Waals surface area contributed by atoms with E-state index in [2.05, 4.69) is 10.1 Å². The summed E-state index contributed by atoms with van der Waals surface area (Å²) in [6.07, 6.45) is 3.01. The number of hydrogen-bond acceptors (Lipinski definition) is 5. The largest absolute Gasteiger partial charge is 0.472 e. The number of aromatic nitrogens is 1. The topological polar surface area (TPSA) is 62.7 Å². The fourth-order valence-corrected chi connectivity index (χ4v) is 3.17. The van der Waals surface area contributed by atoms with Crippen molar-refractivity contribution in [3.63, 3.8) is 0 Å². The van der Waals surface area contributed by atoms with Crippen LogP contribution in [0.15, 0.2) is 57.9 Å². The van der Waals surface area contributed by atoms with Crippen LogP contribution in [0, 0.1) is 0 Å². The number of rotatable bonds is 4. The number of benzene rings is 1. The monoisotopic (exact) mass is 371 g/mol. The summed E-state index contributed by atoms with van der Waals surface area (Å²) in [5.41, 5.74) is 2.37. The second kappa shape index (κ2) is 7.35. The SMILES string of the molecule is O=C(c1ccoc1)N1CCN(Cc2cc(-c3ccc(Cl)cc3)no2)CC1. The molecule has 134 valence electrons. The normalized spacial score (nSPS) is 15.3. The molecular weight excluding hydrogens is 354 g/mol. The summed E-state index contributed by atoms with van der Waals surface area (Å²) in [6, 6.07) is 11.2. The number of carbonyl (C=O) groups is 1. The van der Waals surface area contributed by atoms with E-state index >= 15 is 0 Å². The highest BCUT2D eigenvalue weighted by Crippen LogP contribution is 2.22. The molecule has 0 bridgehead atoms. The molecule has 0 N–H and O–H groups in total. The predicted octanol–water partition coefficient (Wildman–Crippen LogP) is 3.55. The van der Waals surface area contributed by atoms with E-state index < -0.39 is 0 Å². The Morgan fingerprint density at radius 3 is 2.58 bits per heavy atom. The number of carbonyl (C=O) groups excluding carboxylic acids is 1. The first-order chi connectivity index (χ1) is 12.7. The van der Waals surface area contributed by atoms with Gasteiger partial charge < -0.3 is 13.8 Å². The Hall–Kier alpha value is -2.57. The third kappa shape index (κ3) is 3.66. The average Bonchev–Trinajstić information content (AvgIpc) is 3.35. The first kappa shape index (κ1) is 16.9. The Balaban J connectivity index is 1.33. The fraction of sp³-hybridized carbons (Fsp3) is 0.263. The van der Waals surface area contributed by atoms with Gasteiger partial charge in [-0.25, -0.2) is 0 Å². The van der Waals surface area contributed by atoms with E-state index in [9.17, 15) is 4.79 Å². The summed E-state index contributed by atoms with van der Waals surface area (Å²) in [5.74, 6) is 0.827. The van der Waals surface area contributed by atoms with E-state index in [0.717, 1.165) is 30.1 Å². The number of hydrogen-bond donors (Lipinski definition) is 0. The fourth-order valence-electron chi connectivity index (χ4n) is 3.04. The molecule has 7 heteroatoms. The molecule has 1 aromatic carbocycles. The van der Waals surface area contributed by atoms with E-state index in [1.807, 2.05) is 35.2 Å². The van der Waals surface area contributed by atoms with Crippen LogP contribution in [0.2, 0.25) is 5.02 Å². The van der Waals surface area contributed by atoms with Crippen molar-refractivity contribution in [2.24, 2.45) is 0 Å². The maximum atomic E-state index is 12.3. The minimum absolute atomic E-state index is 0.0167. The van der Waals surface area contributed by atoms with Crippen LogP contribution in [0.25, 0.3) is 11.3 Å². The van der Waals surface area contributed by atoms with Crippen molar-refractivity contribution in [3.8, 4) is 11.3 Å². The van der Waals surface area contributed by atoms with Gasteiger partial charge in [0.15, 0.2) is 5.76 Å². The second-order valence-electron chi connectivity index (χ2n) is 6.27. The predicted molar refractivity (Wildman–Crippen MR) is 96.8 cm³/mol. The van der Waals surface area contributed by atoms with Gasteiger partial charge in [0, 0.05) is 42.8 Å². The van der Waals surface area contributed by atoms with Crippen molar-refractivity contribution in [2.75, 3.05) is 26.2 Å². The van der Waals surface area contributed by atoms with Gasteiger partial charge in [-0.3, -0.25) is 9.69 Å². The highest BCUT2D eigenvalue weighted by molar-refractivity contribution is 6.30. The number of piperazine rings is 1. The van der Waals surface area contributed by atoms with Crippen LogP contribution in [-0.4, -0.2) is 47.0 Å². The van der Waals surface area contributed by atoms with Gasteiger partial charge in [-0.15, -0.1) is 0 Å². The minimum atomic E-state index is 0.0167. The Labute approximate surface area is 155 Å². The summed E-state index contributed by atoms with van der Waals surface area (Å²) < 4.78 is 10.5. The zero-order chi connectivity index (χ0) is 17.9. The van der Waals surface area contributed by atoms with Gasteiger partial charge >= 0.3 is 0 Å². The molecule has 3 heterocycles. The van der Waals surface area contributed by atoms with Crippen molar-refractivity contribution in [1.29, 1.82) is 0 Å². The van der Waals surface area contributed by atoms with E-state index in [1.165, 1.54) is 12.5 Å². The molecule has 1 saturated heterocycles. The Kier molecular flexibility index (Phi) is 4.77. The smallest absolute Gasteiger partial charge is 0.257 e. The maximum absolute atomic E-state index is 12.3. The lowest BCUT2D eigenvalue weighted by atomic mass is 10.1. The molecule has 1 aliphatic rings. The summed E-state index contributed by atoms with van der Waals surface area (Å²) >= 11 is 5.92. The number of nitrogens with zero attached hydrogens (tertiary/aromatic N) is 3. The number of halogens is 1. The minimum Gasteiger partial charge on any atom is -0.472 e. The highest BCUT2D eigenvalue weighted by Gasteiger charge is 2.23. The van der Waals surface area contributed by atoms with Crippen LogP contribution >= 0.6 is 11.6 Å². The molecule has 6 nitrogen and oxygen atoms in total. The van der Waals surface area contributed by atoms with Crippen molar-refractivity contribution in [2.45, 2.75) is 6.54 Å². The van der Waals surface area contributed by atoms with Crippen molar-refractivity contribution in [3.05, 3.63) is 65.3 Å². The third-order valence-electron chi connectivity index (χ3n) is 4.51. The number of amides is 1. The second-order valence-corrected chi connectivity index (χ2v) is 6.70. The van der Waals surface area contributed by atoms with Crippen LogP contribution in [0.1, 0.15) is 16.1 Å². The Morgan fingerprint density at radius 2 is 1.88 bits per heavy atom. The number of furan rings is 1. The lowest BCUT2D eigenvalue weighted by molar-refractivity contribution is 0.0617. The molecule has 0 unspecified atom stereocenters. The molecule has 26 heavy (non-hydrogen) atoms. The molecule has 1 amide bonds. The molecular formula is C19H18ClN3O3. The Bertz CT molecular complexity index is 866. The molecule has 0 aliphatic carbocycles. The maximum Gasteiger partial charge on any atom is 0.257 e. The van der Waals surface area contributed by atoms with E-state index in [0.29, 0.717) is 30.2 Å². The zero-order valence-corrected chi connectivity index (χ0v) is 14.9. The van der Waals surface area contributed by atoms with Gasteiger partial charge in [-0.05, 0) is 18.2 Å². The first-order valence-corrected chi connectivity index (χ1v) is 8.82. The van der Waals surface area contributed by atoms with Crippen LogP contribution in [0.3, 0.4) is 0 Å². The van der Waals surface area contributed by atoms with Gasteiger partial charge in [-0.2, -0.15) is 0 Å². The third-order valence-corrected chi connectivity index (χ3v) is 4.76. The summed E-state index contributed by atoms with van der Waals surface area (Å²) in [6.45, 7) is 3.62. The van der Waals surface area contributed by atoms with Crippen LogP contribution in [-0.2, 0) is 6.54 Å². The summed E-state index contributed by atoms with van der Waals surface area (Å²) in [4.78, 5) is 16.4. The standard InChI is InChI=1S/C19H18ClN3O3/c20-16-3-1-14(2-4-16)18-11-17(26-21-18)12-22-6-8-23(9-7-22)19(24)15-5-10-25-13-15/h1-5,10-11,13H,6-9,12H2. The van der Waals surface area contributed by atoms with Gasteiger partial charge in [0.1, 0.15) is 12.0 Å². The average molecular weight is 372 g/mol. The molecule has 1 aliphatic heterocycles. The lowest BCUT2D eigenvalue weighted by Gasteiger charge is -2.33. The van der Waals surface area contributed by atoms with Gasteiger partial charge in [-0.1, -0.05) is 28.9 Å².